The zero-order chi connectivity index (χ0) is 28.1. The predicted octanol–water partition coefficient (Wildman–Crippen LogP) is 6.97. The maximum absolute atomic E-state index is 12.8. The Morgan fingerprint density at radius 3 is 1.88 bits per heavy atom. The number of rotatable bonds is 10. The molecule has 3 aromatic carbocycles. The molecule has 0 amide bonds. The van der Waals surface area contributed by atoms with Gasteiger partial charge in [-0.3, -0.25) is 14.3 Å². The van der Waals surface area contributed by atoms with Gasteiger partial charge in [0.25, 0.3) is 5.56 Å². The van der Waals surface area contributed by atoms with Crippen molar-refractivity contribution in [1.29, 1.82) is 0 Å². The third kappa shape index (κ3) is 5.97. The van der Waals surface area contributed by atoms with Crippen LogP contribution in [-0.4, -0.2) is 26.3 Å². The van der Waals surface area contributed by atoms with Crippen molar-refractivity contribution in [3.8, 4) is 0 Å². The number of hydrogen-bond acceptors (Lipinski definition) is 3. The van der Waals surface area contributed by atoms with E-state index in [1.54, 1.807) is 17.7 Å². The minimum Gasteiger partial charge on any atom is -0.361 e. The Hall–Kier alpha value is -2.74. The highest BCUT2D eigenvalue weighted by molar-refractivity contribution is 9.12. The molecular weight excluding hydrogens is 632 g/mol. The molecule has 0 saturated heterocycles. The van der Waals surface area contributed by atoms with Crippen molar-refractivity contribution >= 4 is 31.9 Å². The number of hydrogen-bond donors (Lipinski definition) is 1. The van der Waals surface area contributed by atoms with Gasteiger partial charge in [-0.2, -0.15) is 0 Å². The number of aryl methyl sites for hydroxylation is 1. The smallest absolute Gasteiger partial charge is 0.328 e. The SMILES string of the molecule is Cc1cn([C@@H]2C[C@H](COC(c3ccccc3)(c3ccccc3)c3ccccc3)[C@@H](CC(Br)CBr)C2)c(=O)[nH]c1=O. The van der Waals surface area contributed by atoms with Crippen molar-refractivity contribution in [1.82, 2.24) is 9.55 Å². The van der Waals surface area contributed by atoms with Crippen LogP contribution in [0.5, 0.6) is 0 Å². The van der Waals surface area contributed by atoms with Crippen LogP contribution in [0, 0.1) is 18.8 Å². The molecule has 0 aliphatic heterocycles. The number of benzene rings is 3. The molecule has 1 fully saturated rings. The lowest BCUT2D eigenvalue weighted by Crippen LogP contribution is -2.35. The Bertz CT molecular complexity index is 1410. The Labute approximate surface area is 251 Å². The highest BCUT2D eigenvalue weighted by Crippen LogP contribution is 2.46. The fraction of sp³-hybridized carbons (Fsp3) is 0.333. The van der Waals surface area contributed by atoms with Crippen LogP contribution in [0.25, 0.3) is 0 Å². The highest BCUT2D eigenvalue weighted by Gasteiger charge is 2.42. The summed E-state index contributed by atoms with van der Waals surface area (Å²) in [4.78, 5) is 27.6. The fourth-order valence-electron chi connectivity index (χ4n) is 6.15. The van der Waals surface area contributed by atoms with Crippen LogP contribution in [0.3, 0.4) is 0 Å². The molecular formula is C33H34Br2N2O3. The van der Waals surface area contributed by atoms with E-state index in [0.29, 0.717) is 22.9 Å². The van der Waals surface area contributed by atoms with Crippen molar-refractivity contribution < 1.29 is 4.74 Å². The first-order valence-corrected chi connectivity index (χ1v) is 15.8. The van der Waals surface area contributed by atoms with Crippen LogP contribution in [0.15, 0.2) is 107 Å². The van der Waals surface area contributed by atoms with Gasteiger partial charge in [0, 0.05) is 28.0 Å². The summed E-state index contributed by atoms with van der Waals surface area (Å²) in [6.45, 7) is 2.27. The zero-order valence-electron chi connectivity index (χ0n) is 22.5. The van der Waals surface area contributed by atoms with Gasteiger partial charge in [0.1, 0.15) is 5.60 Å². The van der Waals surface area contributed by atoms with E-state index in [0.717, 1.165) is 41.3 Å². The number of nitrogens with zero attached hydrogens (tertiary/aromatic N) is 1. The van der Waals surface area contributed by atoms with Crippen molar-refractivity contribution in [2.24, 2.45) is 11.8 Å². The summed E-state index contributed by atoms with van der Waals surface area (Å²) in [5.41, 5.74) is 2.31. The van der Waals surface area contributed by atoms with Crippen LogP contribution in [0.4, 0.5) is 0 Å². The predicted molar refractivity (Wildman–Crippen MR) is 168 cm³/mol. The Balaban J connectivity index is 1.54. The largest absolute Gasteiger partial charge is 0.361 e. The summed E-state index contributed by atoms with van der Waals surface area (Å²) in [5.74, 6) is 0.560. The molecule has 1 aromatic heterocycles. The van der Waals surface area contributed by atoms with Gasteiger partial charge in [0.2, 0.25) is 0 Å². The van der Waals surface area contributed by atoms with E-state index in [2.05, 4.69) is 110 Å². The minimum absolute atomic E-state index is 0.00347. The number of halogens is 2. The van der Waals surface area contributed by atoms with E-state index in [9.17, 15) is 9.59 Å². The van der Waals surface area contributed by atoms with Crippen LogP contribution >= 0.6 is 31.9 Å². The standard InChI is InChI=1S/C33H34Br2N2O3/c1-23-21-37(32(39)36-31(23)38)30-18-24(17-29(35)20-34)25(19-30)22-40-33(26-11-5-2-6-12-26,27-13-7-3-8-14-27)28-15-9-4-10-16-28/h2-16,21,24-25,29-30H,17-20,22H2,1H3,(H,36,38,39)/t24-,25+,29?,30-/m0/s1. The first-order chi connectivity index (χ1) is 19.4. The molecule has 0 spiro atoms. The van der Waals surface area contributed by atoms with Crippen molar-refractivity contribution in [2.75, 3.05) is 11.9 Å². The molecule has 0 radical (unpaired) electrons. The molecule has 40 heavy (non-hydrogen) atoms. The topological polar surface area (TPSA) is 64.1 Å². The number of ether oxygens (including phenoxy) is 1. The molecule has 1 heterocycles. The van der Waals surface area contributed by atoms with Gasteiger partial charge in [-0.15, -0.1) is 0 Å². The number of aromatic amines is 1. The average Bonchev–Trinajstić information content (AvgIpc) is 3.39. The van der Waals surface area contributed by atoms with Gasteiger partial charge in [-0.1, -0.05) is 123 Å². The summed E-state index contributed by atoms with van der Waals surface area (Å²) < 4.78 is 8.92. The first kappa shape index (κ1) is 28.8. The Morgan fingerprint density at radius 2 is 1.38 bits per heavy atom. The third-order valence-corrected chi connectivity index (χ3v) is 10.5. The summed E-state index contributed by atoms with van der Waals surface area (Å²) in [5, 5.41) is 0.849. The van der Waals surface area contributed by atoms with Gasteiger partial charge >= 0.3 is 5.69 Å². The second-order valence-corrected chi connectivity index (χ2v) is 12.6. The molecule has 1 aliphatic carbocycles. The second-order valence-electron chi connectivity index (χ2n) is 10.7. The molecule has 0 bridgehead atoms. The van der Waals surface area contributed by atoms with Gasteiger partial charge in [0.05, 0.1) is 6.61 Å². The molecule has 208 valence electrons. The van der Waals surface area contributed by atoms with Crippen molar-refractivity contribution in [2.45, 2.75) is 42.7 Å². The summed E-state index contributed by atoms with van der Waals surface area (Å²) in [6, 6.07) is 31.3. The van der Waals surface area contributed by atoms with E-state index >= 15 is 0 Å². The second kappa shape index (κ2) is 12.8. The molecule has 1 unspecified atom stereocenters. The third-order valence-electron chi connectivity index (χ3n) is 8.14. The van der Waals surface area contributed by atoms with Crippen molar-refractivity contribution in [3.05, 3.63) is 140 Å². The maximum atomic E-state index is 12.8. The minimum atomic E-state index is -0.791. The van der Waals surface area contributed by atoms with Gasteiger partial charge in [-0.25, -0.2) is 4.79 Å². The van der Waals surface area contributed by atoms with Gasteiger partial charge in [-0.05, 0) is 54.7 Å². The maximum Gasteiger partial charge on any atom is 0.328 e. The summed E-state index contributed by atoms with van der Waals surface area (Å²) >= 11 is 7.44. The molecule has 5 rings (SSSR count). The number of nitrogens with one attached hydrogen (secondary N) is 1. The van der Waals surface area contributed by atoms with E-state index in [1.165, 1.54) is 0 Å². The van der Waals surface area contributed by atoms with Gasteiger partial charge < -0.3 is 4.74 Å². The first-order valence-electron chi connectivity index (χ1n) is 13.7. The number of H-pyrrole nitrogens is 1. The van der Waals surface area contributed by atoms with Crippen LogP contribution in [-0.2, 0) is 10.3 Å². The Kier molecular flexibility index (Phi) is 9.24. The summed E-state index contributed by atoms with van der Waals surface area (Å²) in [7, 11) is 0. The van der Waals surface area contributed by atoms with E-state index < -0.39 is 5.60 Å². The monoisotopic (exact) mass is 664 g/mol. The molecule has 5 nitrogen and oxygen atoms in total. The quantitative estimate of drug-likeness (QED) is 0.147. The van der Waals surface area contributed by atoms with Crippen LogP contribution in [0.2, 0.25) is 0 Å². The van der Waals surface area contributed by atoms with Crippen LogP contribution in [0.1, 0.15) is 47.6 Å². The molecule has 1 aliphatic rings. The van der Waals surface area contributed by atoms with Gasteiger partial charge in [0.15, 0.2) is 0 Å². The lowest BCUT2D eigenvalue weighted by molar-refractivity contribution is -0.0159. The van der Waals surface area contributed by atoms with E-state index in [1.807, 2.05) is 18.2 Å². The zero-order valence-corrected chi connectivity index (χ0v) is 25.7. The van der Waals surface area contributed by atoms with E-state index in [-0.39, 0.29) is 23.2 Å². The number of alkyl halides is 2. The fourth-order valence-corrected chi connectivity index (χ4v) is 6.89. The summed E-state index contributed by atoms with van der Waals surface area (Å²) in [6.07, 6.45) is 4.32. The average molecular weight is 666 g/mol. The van der Waals surface area contributed by atoms with Crippen LogP contribution < -0.4 is 11.2 Å². The number of aromatic nitrogens is 2. The van der Waals surface area contributed by atoms with E-state index in [4.69, 9.17) is 4.74 Å². The lowest BCUT2D eigenvalue weighted by Gasteiger charge is -2.37. The lowest BCUT2D eigenvalue weighted by atomic mass is 9.80. The highest BCUT2D eigenvalue weighted by atomic mass is 79.9. The normalized spacial score (nSPS) is 19.9. The molecule has 7 heteroatoms. The Morgan fingerprint density at radius 1 is 0.875 bits per heavy atom. The van der Waals surface area contributed by atoms with Crippen molar-refractivity contribution in [3.63, 3.8) is 0 Å². The molecule has 1 saturated carbocycles. The molecule has 4 aromatic rings. The molecule has 1 N–H and O–H groups in total. The molecule has 4 atom stereocenters.